The second-order valence-electron chi connectivity index (χ2n) is 5.36. The molecule has 102 valence electrons. The minimum absolute atomic E-state index is 0.0413. The molecule has 1 aliphatic heterocycles. The minimum Gasteiger partial charge on any atom is -0.306 e. The fraction of sp³-hybridized carbons (Fsp3) is 0.727. The van der Waals surface area contributed by atoms with Crippen LogP contribution in [0.2, 0.25) is 0 Å². The Bertz CT molecular complexity index is 475. The molecule has 1 aromatic heterocycles. The second-order valence-corrected chi connectivity index (χ2v) is 7.09. The average molecular weight is 272 g/mol. The molecule has 2 N–H and O–H groups in total. The highest BCUT2D eigenvalue weighted by Gasteiger charge is 2.30. The van der Waals surface area contributed by atoms with Gasteiger partial charge in [-0.2, -0.15) is 5.10 Å². The molecular formula is C11H20N4O2S. The van der Waals surface area contributed by atoms with Crippen LogP contribution in [0.5, 0.6) is 0 Å². The standard InChI is InChI=1S/C11H20N4O2S/c1-11(4-7-15(2)8-5-11)9-13-18(16,17)10-3-6-12-14-10/h3,6,13H,4-5,7-9H2,1-2H3,(H,12,14). The normalized spacial score (nSPS) is 21.0. The van der Waals surface area contributed by atoms with Crippen molar-refractivity contribution in [1.82, 2.24) is 19.8 Å². The first-order chi connectivity index (χ1) is 8.41. The van der Waals surface area contributed by atoms with E-state index in [1.54, 1.807) is 0 Å². The van der Waals surface area contributed by atoms with Crippen molar-refractivity contribution in [2.24, 2.45) is 5.41 Å². The molecule has 0 bridgehead atoms. The van der Waals surface area contributed by atoms with E-state index in [1.807, 2.05) is 0 Å². The Hall–Kier alpha value is -0.920. The van der Waals surface area contributed by atoms with Crippen molar-refractivity contribution in [2.75, 3.05) is 26.7 Å². The van der Waals surface area contributed by atoms with Crippen LogP contribution < -0.4 is 4.72 Å². The third-order valence-electron chi connectivity index (χ3n) is 3.65. The van der Waals surface area contributed by atoms with Crippen LogP contribution in [0.15, 0.2) is 17.3 Å². The number of sulfonamides is 1. The Balaban J connectivity index is 1.96. The van der Waals surface area contributed by atoms with Crippen LogP contribution in [0.4, 0.5) is 0 Å². The molecule has 0 atom stereocenters. The van der Waals surface area contributed by atoms with E-state index in [9.17, 15) is 8.42 Å². The summed E-state index contributed by atoms with van der Waals surface area (Å²) in [7, 11) is -1.36. The summed E-state index contributed by atoms with van der Waals surface area (Å²) in [4.78, 5) is 2.27. The Morgan fingerprint density at radius 2 is 2.17 bits per heavy atom. The molecule has 2 rings (SSSR count). The summed E-state index contributed by atoms with van der Waals surface area (Å²) in [6, 6.07) is 1.46. The number of likely N-dealkylation sites (tertiary alicyclic amines) is 1. The molecule has 2 heterocycles. The molecule has 1 saturated heterocycles. The first-order valence-electron chi connectivity index (χ1n) is 6.09. The molecule has 0 spiro atoms. The van der Waals surface area contributed by atoms with Gasteiger partial charge in [0.2, 0.25) is 0 Å². The molecule has 18 heavy (non-hydrogen) atoms. The van der Waals surface area contributed by atoms with Crippen LogP contribution in [0.25, 0.3) is 0 Å². The predicted molar refractivity (Wildman–Crippen MR) is 68.6 cm³/mol. The fourth-order valence-electron chi connectivity index (χ4n) is 2.07. The SMILES string of the molecule is CN1CCC(C)(CNS(=O)(=O)c2ccn[nH]2)CC1. The summed E-state index contributed by atoms with van der Waals surface area (Å²) in [5.74, 6) is 0. The number of aromatic amines is 1. The van der Waals surface area contributed by atoms with Crippen molar-refractivity contribution in [1.29, 1.82) is 0 Å². The Labute approximate surface area is 108 Å². The molecule has 1 aliphatic rings. The fourth-order valence-corrected chi connectivity index (χ4v) is 3.18. The van der Waals surface area contributed by atoms with Crippen LogP contribution >= 0.6 is 0 Å². The molecule has 7 heteroatoms. The van der Waals surface area contributed by atoms with E-state index >= 15 is 0 Å². The largest absolute Gasteiger partial charge is 0.306 e. The number of nitrogens with zero attached hydrogens (tertiary/aromatic N) is 2. The maximum atomic E-state index is 11.9. The summed E-state index contributed by atoms with van der Waals surface area (Å²) >= 11 is 0. The van der Waals surface area contributed by atoms with Crippen molar-refractivity contribution in [2.45, 2.75) is 24.8 Å². The maximum absolute atomic E-state index is 11.9. The van der Waals surface area contributed by atoms with Crippen LogP contribution in [0.3, 0.4) is 0 Å². The number of H-pyrrole nitrogens is 1. The lowest BCUT2D eigenvalue weighted by Crippen LogP contribution is -2.43. The smallest absolute Gasteiger partial charge is 0.257 e. The molecule has 0 aliphatic carbocycles. The zero-order chi connectivity index (χ0) is 13.2. The Kier molecular flexibility index (Phi) is 3.74. The molecule has 1 aromatic rings. The molecule has 6 nitrogen and oxygen atoms in total. The highest BCUT2D eigenvalue weighted by Crippen LogP contribution is 2.29. The number of hydrogen-bond acceptors (Lipinski definition) is 4. The van der Waals surface area contributed by atoms with Gasteiger partial charge in [-0.05, 0) is 44.5 Å². The maximum Gasteiger partial charge on any atom is 0.257 e. The second kappa shape index (κ2) is 4.99. The van der Waals surface area contributed by atoms with Gasteiger partial charge in [-0.25, -0.2) is 13.1 Å². The summed E-state index contributed by atoms with van der Waals surface area (Å²) in [6.45, 7) is 4.64. The van der Waals surface area contributed by atoms with Crippen molar-refractivity contribution >= 4 is 10.0 Å². The lowest BCUT2D eigenvalue weighted by molar-refractivity contribution is 0.143. The lowest BCUT2D eigenvalue weighted by Gasteiger charge is -2.37. The van der Waals surface area contributed by atoms with E-state index in [4.69, 9.17) is 0 Å². The molecule has 0 amide bonds. The van der Waals surface area contributed by atoms with Gasteiger partial charge in [0.25, 0.3) is 10.0 Å². The first-order valence-corrected chi connectivity index (χ1v) is 7.57. The Morgan fingerprint density at radius 1 is 1.50 bits per heavy atom. The number of aromatic nitrogens is 2. The molecular weight excluding hydrogens is 252 g/mol. The minimum atomic E-state index is -3.45. The van der Waals surface area contributed by atoms with Gasteiger partial charge >= 0.3 is 0 Å². The zero-order valence-electron chi connectivity index (χ0n) is 10.8. The monoisotopic (exact) mass is 272 g/mol. The zero-order valence-corrected chi connectivity index (χ0v) is 11.6. The summed E-state index contributed by atoms with van der Waals surface area (Å²) in [5, 5.41) is 6.26. The van der Waals surface area contributed by atoms with Gasteiger partial charge in [-0.15, -0.1) is 0 Å². The molecule has 0 unspecified atom stereocenters. The van der Waals surface area contributed by atoms with Crippen LogP contribution in [0.1, 0.15) is 19.8 Å². The van der Waals surface area contributed by atoms with Crippen molar-refractivity contribution in [3.63, 3.8) is 0 Å². The van der Waals surface area contributed by atoms with Gasteiger partial charge in [0.1, 0.15) is 0 Å². The average Bonchev–Trinajstić information content (AvgIpc) is 2.86. The van der Waals surface area contributed by atoms with Gasteiger partial charge in [0.05, 0.1) is 6.20 Å². The number of nitrogens with one attached hydrogen (secondary N) is 2. The topological polar surface area (TPSA) is 78.1 Å². The highest BCUT2D eigenvalue weighted by molar-refractivity contribution is 7.89. The van der Waals surface area contributed by atoms with Crippen LogP contribution in [-0.4, -0.2) is 50.2 Å². The van der Waals surface area contributed by atoms with E-state index < -0.39 is 10.0 Å². The van der Waals surface area contributed by atoms with E-state index in [2.05, 4.69) is 33.8 Å². The quantitative estimate of drug-likeness (QED) is 0.832. The molecule has 1 fully saturated rings. The van der Waals surface area contributed by atoms with Gasteiger partial charge in [0.15, 0.2) is 5.03 Å². The Morgan fingerprint density at radius 3 is 2.72 bits per heavy atom. The van der Waals surface area contributed by atoms with Crippen molar-refractivity contribution in [3.05, 3.63) is 12.3 Å². The first kappa shape index (κ1) is 13.5. The van der Waals surface area contributed by atoms with Crippen molar-refractivity contribution in [3.8, 4) is 0 Å². The summed E-state index contributed by atoms with van der Waals surface area (Å²) in [5.41, 5.74) is 0.0413. The summed E-state index contributed by atoms with van der Waals surface area (Å²) < 4.78 is 26.6. The van der Waals surface area contributed by atoms with Crippen molar-refractivity contribution < 1.29 is 8.42 Å². The van der Waals surface area contributed by atoms with Crippen LogP contribution in [0, 0.1) is 5.41 Å². The third kappa shape index (κ3) is 3.09. The van der Waals surface area contributed by atoms with Gasteiger partial charge in [-0.3, -0.25) is 5.10 Å². The van der Waals surface area contributed by atoms with Gasteiger partial charge in [0, 0.05) is 6.54 Å². The van der Waals surface area contributed by atoms with Gasteiger partial charge in [-0.1, -0.05) is 6.92 Å². The molecule has 0 radical (unpaired) electrons. The predicted octanol–water partition coefficient (Wildman–Crippen LogP) is 0.420. The number of piperidine rings is 1. The van der Waals surface area contributed by atoms with E-state index in [0.29, 0.717) is 6.54 Å². The number of rotatable bonds is 4. The van der Waals surface area contributed by atoms with Crippen LogP contribution in [-0.2, 0) is 10.0 Å². The van der Waals surface area contributed by atoms with E-state index in [-0.39, 0.29) is 10.4 Å². The third-order valence-corrected chi connectivity index (χ3v) is 4.98. The molecule has 0 saturated carbocycles. The van der Waals surface area contributed by atoms with Gasteiger partial charge < -0.3 is 4.90 Å². The summed E-state index contributed by atoms with van der Waals surface area (Å²) in [6.07, 6.45) is 3.45. The molecule has 0 aromatic carbocycles. The number of hydrogen-bond donors (Lipinski definition) is 2. The lowest BCUT2D eigenvalue weighted by atomic mass is 9.81. The highest BCUT2D eigenvalue weighted by atomic mass is 32.2. The van der Waals surface area contributed by atoms with E-state index in [0.717, 1.165) is 25.9 Å². The van der Waals surface area contributed by atoms with E-state index in [1.165, 1.54) is 12.3 Å².